The Hall–Kier alpha value is -1.29. The van der Waals surface area contributed by atoms with E-state index in [0.29, 0.717) is 6.04 Å². The third-order valence-electron chi connectivity index (χ3n) is 2.60. The Kier molecular flexibility index (Phi) is 3.06. The highest BCUT2D eigenvalue weighted by Gasteiger charge is 2.15. The average Bonchev–Trinajstić information content (AvgIpc) is 2.17. The van der Waals surface area contributed by atoms with Gasteiger partial charge in [-0.3, -0.25) is 4.79 Å². The molecule has 82 valence electrons. The minimum atomic E-state index is 0.0779. The number of hydrogen-bond acceptors (Lipinski definition) is 3. The van der Waals surface area contributed by atoms with Crippen molar-refractivity contribution in [3.05, 3.63) is 28.7 Å². The molecule has 2 heterocycles. The maximum absolute atomic E-state index is 11.5. The van der Waals surface area contributed by atoms with Crippen LogP contribution in [0.1, 0.15) is 13.3 Å². The number of anilines is 1. The summed E-state index contributed by atoms with van der Waals surface area (Å²) >= 11 is 0. The first-order chi connectivity index (χ1) is 7.29. The van der Waals surface area contributed by atoms with Crippen LogP contribution in [0.25, 0.3) is 0 Å². The van der Waals surface area contributed by atoms with Gasteiger partial charge in [0.05, 0.1) is 11.7 Å². The van der Waals surface area contributed by atoms with E-state index in [2.05, 4.69) is 17.6 Å². The van der Waals surface area contributed by atoms with Crippen LogP contribution in [0.3, 0.4) is 0 Å². The molecule has 0 saturated carbocycles. The lowest BCUT2D eigenvalue weighted by atomic mass is 10.2. The zero-order valence-corrected chi connectivity index (χ0v) is 8.99. The van der Waals surface area contributed by atoms with Gasteiger partial charge in [0.1, 0.15) is 0 Å². The molecule has 1 fully saturated rings. The molecule has 0 radical (unpaired) electrons. The van der Waals surface area contributed by atoms with E-state index in [1.807, 2.05) is 12.3 Å². The lowest BCUT2D eigenvalue weighted by Gasteiger charge is -2.29. The summed E-state index contributed by atoms with van der Waals surface area (Å²) in [5.74, 6) is 0. The van der Waals surface area contributed by atoms with Gasteiger partial charge in [-0.05, 0) is 12.5 Å². The number of aromatic nitrogens is 1. The summed E-state index contributed by atoms with van der Waals surface area (Å²) in [6.07, 6.45) is 2.89. The summed E-state index contributed by atoms with van der Waals surface area (Å²) < 4.78 is 1.76. The van der Waals surface area contributed by atoms with Gasteiger partial charge in [0.2, 0.25) is 0 Å². The van der Waals surface area contributed by atoms with E-state index in [1.165, 1.54) is 0 Å². The number of aryl methyl sites for hydroxylation is 1. The molecule has 0 atom stereocenters. The Bertz CT molecular complexity index is 382. The lowest BCUT2D eigenvalue weighted by molar-refractivity contribution is 0.471. The molecule has 0 bridgehead atoms. The smallest absolute Gasteiger partial charge is 0.250 e. The molecule has 0 amide bonds. The fourth-order valence-electron chi connectivity index (χ4n) is 1.66. The second-order valence-electron chi connectivity index (χ2n) is 3.95. The summed E-state index contributed by atoms with van der Waals surface area (Å²) in [7, 11) is 0. The van der Waals surface area contributed by atoms with Crippen LogP contribution < -0.4 is 16.2 Å². The SMILES string of the molecule is CCCn1cc(NC2CNC2)ccc1=O. The van der Waals surface area contributed by atoms with Gasteiger partial charge in [-0.1, -0.05) is 6.92 Å². The van der Waals surface area contributed by atoms with Crippen LogP contribution in [-0.4, -0.2) is 23.7 Å². The number of nitrogens with zero attached hydrogens (tertiary/aromatic N) is 1. The van der Waals surface area contributed by atoms with Crippen LogP contribution in [0.4, 0.5) is 5.69 Å². The zero-order valence-electron chi connectivity index (χ0n) is 8.99. The lowest BCUT2D eigenvalue weighted by Crippen LogP contribution is -2.51. The minimum Gasteiger partial charge on any atom is -0.379 e. The predicted molar refractivity (Wildman–Crippen MR) is 61.3 cm³/mol. The molecule has 1 saturated heterocycles. The Morgan fingerprint density at radius 3 is 2.93 bits per heavy atom. The Morgan fingerprint density at radius 1 is 1.53 bits per heavy atom. The van der Waals surface area contributed by atoms with Crippen molar-refractivity contribution in [1.82, 2.24) is 9.88 Å². The molecule has 1 aromatic heterocycles. The fourth-order valence-corrected chi connectivity index (χ4v) is 1.66. The van der Waals surface area contributed by atoms with Crippen molar-refractivity contribution in [3.63, 3.8) is 0 Å². The molecule has 0 spiro atoms. The van der Waals surface area contributed by atoms with Crippen LogP contribution >= 0.6 is 0 Å². The van der Waals surface area contributed by atoms with Gasteiger partial charge in [-0.2, -0.15) is 0 Å². The Labute approximate surface area is 89.3 Å². The van der Waals surface area contributed by atoms with Crippen LogP contribution in [-0.2, 0) is 6.54 Å². The van der Waals surface area contributed by atoms with Gasteiger partial charge in [0, 0.05) is 31.9 Å². The fraction of sp³-hybridized carbons (Fsp3) is 0.545. The normalized spacial score (nSPS) is 16.1. The van der Waals surface area contributed by atoms with Crippen molar-refractivity contribution in [1.29, 1.82) is 0 Å². The Balaban J connectivity index is 2.10. The van der Waals surface area contributed by atoms with Gasteiger partial charge >= 0.3 is 0 Å². The molecule has 0 aliphatic carbocycles. The molecule has 1 aromatic rings. The van der Waals surface area contributed by atoms with Crippen molar-refractivity contribution in [2.45, 2.75) is 25.9 Å². The van der Waals surface area contributed by atoms with Gasteiger partial charge < -0.3 is 15.2 Å². The van der Waals surface area contributed by atoms with Crippen molar-refractivity contribution in [2.75, 3.05) is 18.4 Å². The number of hydrogen-bond donors (Lipinski definition) is 2. The summed E-state index contributed by atoms with van der Waals surface area (Å²) in [6, 6.07) is 3.99. The first-order valence-corrected chi connectivity index (χ1v) is 5.47. The van der Waals surface area contributed by atoms with Gasteiger partial charge in [-0.15, -0.1) is 0 Å². The second kappa shape index (κ2) is 4.49. The molecule has 0 aromatic carbocycles. The largest absolute Gasteiger partial charge is 0.379 e. The van der Waals surface area contributed by atoms with E-state index in [-0.39, 0.29) is 5.56 Å². The van der Waals surface area contributed by atoms with Gasteiger partial charge in [0.15, 0.2) is 0 Å². The molecular formula is C11H17N3O. The highest BCUT2D eigenvalue weighted by molar-refractivity contribution is 5.42. The highest BCUT2D eigenvalue weighted by atomic mass is 16.1. The van der Waals surface area contributed by atoms with E-state index < -0.39 is 0 Å². The maximum atomic E-state index is 11.5. The third kappa shape index (κ3) is 2.39. The minimum absolute atomic E-state index is 0.0779. The molecule has 1 aliphatic rings. The molecular weight excluding hydrogens is 190 g/mol. The molecule has 2 rings (SSSR count). The van der Waals surface area contributed by atoms with Crippen molar-refractivity contribution < 1.29 is 0 Å². The summed E-state index contributed by atoms with van der Waals surface area (Å²) in [6.45, 7) is 4.87. The second-order valence-corrected chi connectivity index (χ2v) is 3.95. The van der Waals surface area contributed by atoms with Gasteiger partial charge in [-0.25, -0.2) is 0 Å². The first-order valence-electron chi connectivity index (χ1n) is 5.47. The molecule has 1 aliphatic heterocycles. The van der Waals surface area contributed by atoms with Crippen LogP contribution in [0.2, 0.25) is 0 Å². The summed E-state index contributed by atoms with van der Waals surface area (Å²) in [5.41, 5.74) is 1.11. The van der Waals surface area contributed by atoms with Crippen molar-refractivity contribution in [3.8, 4) is 0 Å². The average molecular weight is 207 g/mol. The van der Waals surface area contributed by atoms with Crippen LogP contribution in [0.5, 0.6) is 0 Å². The van der Waals surface area contributed by atoms with Crippen LogP contribution in [0, 0.1) is 0 Å². The number of rotatable bonds is 4. The maximum Gasteiger partial charge on any atom is 0.250 e. The first kappa shape index (κ1) is 10.2. The molecule has 0 unspecified atom stereocenters. The molecule has 4 heteroatoms. The van der Waals surface area contributed by atoms with Crippen LogP contribution in [0.15, 0.2) is 23.1 Å². The molecule has 2 N–H and O–H groups in total. The van der Waals surface area contributed by atoms with E-state index >= 15 is 0 Å². The standard InChI is InChI=1S/C11H17N3O/c1-2-5-14-8-9(3-4-11(14)15)13-10-6-12-7-10/h3-4,8,10,12-13H,2,5-7H2,1H3. The van der Waals surface area contributed by atoms with Gasteiger partial charge in [0.25, 0.3) is 5.56 Å². The number of nitrogens with one attached hydrogen (secondary N) is 2. The molecule has 15 heavy (non-hydrogen) atoms. The topological polar surface area (TPSA) is 46.1 Å². The summed E-state index contributed by atoms with van der Waals surface area (Å²) in [5, 5.41) is 6.58. The van der Waals surface area contributed by atoms with Crippen molar-refractivity contribution >= 4 is 5.69 Å². The van der Waals surface area contributed by atoms with E-state index in [0.717, 1.165) is 31.7 Å². The van der Waals surface area contributed by atoms with E-state index in [9.17, 15) is 4.79 Å². The predicted octanol–water partition coefficient (Wildman–Crippen LogP) is 0.642. The zero-order chi connectivity index (χ0) is 10.7. The quantitative estimate of drug-likeness (QED) is 0.761. The Morgan fingerprint density at radius 2 is 2.33 bits per heavy atom. The van der Waals surface area contributed by atoms with E-state index in [4.69, 9.17) is 0 Å². The van der Waals surface area contributed by atoms with E-state index in [1.54, 1.807) is 10.6 Å². The van der Waals surface area contributed by atoms with Crippen molar-refractivity contribution in [2.24, 2.45) is 0 Å². The molecule has 4 nitrogen and oxygen atoms in total. The highest BCUT2D eigenvalue weighted by Crippen LogP contribution is 2.07. The monoisotopic (exact) mass is 207 g/mol. The summed E-state index contributed by atoms with van der Waals surface area (Å²) in [4.78, 5) is 11.5. The third-order valence-corrected chi connectivity index (χ3v) is 2.60. The number of pyridine rings is 1.